The van der Waals surface area contributed by atoms with Crippen molar-refractivity contribution in [2.75, 3.05) is 0 Å². The first kappa shape index (κ1) is 16.7. The maximum absolute atomic E-state index is 12.5. The van der Waals surface area contributed by atoms with Crippen molar-refractivity contribution in [2.45, 2.75) is 51.0 Å². The summed E-state index contributed by atoms with van der Waals surface area (Å²) < 4.78 is 0. The van der Waals surface area contributed by atoms with Gasteiger partial charge in [-0.15, -0.1) is 0 Å². The summed E-state index contributed by atoms with van der Waals surface area (Å²) in [6.45, 7) is 0. The summed E-state index contributed by atoms with van der Waals surface area (Å²) in [5.41, 5.74) is 2.18. The van der Waals surface area contributed by atoms with E-state index in [0.717, 1.165) is 23.5 Å². The molecule has 0 radical (unpaired) electrons. The number of carbonyl (C=O) groups is 1. The fraction of sp³-hybridized carbons (Fsp3) is 0.429. The van der Waals surface area contributed by atoms with E-state index in [1.807, 2.05) is 30.3 Å². The summed E-state index contributed by atoms with van der Waals surface area (Å²) in [5.74, 6) is 0.881. The average molecular weight is 322 g/mol. The Hall–Kier alpha value is -2.16. The van der Waals surface area contributed by atoms with Crippen LogP contribution in [0, 0.1) is 5.92 Å². The molecule has 3 heteroatoms. The molecule has 0 aliphatic heterocycles. The number of amides is 1. The Balaban J connectivity index is 1.64. The van der Waals surface area contributed by atoms with Crippen LogP contribution in [-0.4, -0.2) is 10.9 Å². The average Bonchev–Trinajstić information content (AvgIpc) is 2.67. The lowest BCUT2D eigenvalue weighted by Crippen LogP contribution is -2.29. The number of carbonyl (C=O) groups excluding carboxylic acids is 1. The second kappa shape index (κ2) is 8.62. The molecule has 2 aromatic rings. The minimum atomic E-state index is -0.104. The summed E-state index contributed by atoms with van der Waals surface area (Å²) in [5, 5.41) is 3.22. The molecule has 3 nitrogen and oxygen atoms in total. The molecule has 24 heavy (non-hydrogen) atoms. The molecule has 0 bridgehead atoms. The van der Waals surface area contributed by atoms with Gasteiger partial charge in [0.2, 0.25) is 5.91 Å². The van der Waals surface area contributed by atoms with E-state index in [1.165, 1.54) is 32.1 Å². The number of rotatable bonds is 6. The quantitative estimate of drug-likeness (QED) is 0.841. The van der Waals surface area contributed by atoms with Crippen LogP contribution in [0.5, 0.6) is 0 Å². The highest BCUT2D eigenvalue weighted by Crippen LogP contribution is 2.27. The van der Waals surface area contributed by atoms with Gasteiger partial charge >= 0.3 is 0 Å². The number of hydrogen-bond donors (Lipinski definition) is 1. The molecule has 1 saturated carbocycles. The third-order valence-corrected chi connectivity index (χ3v) is 4.98. The summed E-state index contributed by atoms with van der Waals surface area (Å²) in [7, 11) is 0. The van der Waals surface area contributed by atoms with Crippen molar-refractivity contribution in [3.05, 3.63) is 66.0 Å². The lowest BCUT2D eigenvalue weighted by molar-refractivity contribution is -0.121. The van der Waals surface area contributed by atoms with Gasteiger partial charge in [-0.05, 0) is 35.6 Å². The zero-order valence-corrected chi connectivity index (χ0v) is 14.2. The molecule has 1 aliphatic rings. The van der Waals surface area contributed by atoms with Crippen LogP contribution in [0.4, 0.5) is 0 Å². The van der Waals surface area contributed by atoms with E-state index >= 15 is 0 Å². The van der Waals surface area contributed by atoms with E-state index in [4.69, 9.17) is 0 Å². The van der Waals surface area contributed by atoms with Crippen LogP contribution in [0.1, 0.15) is 62.1 Å². The fourth-order valence-electron chi connectivity index (χ4n) is 3.60. The van der Waals surface area contributed by atoms with E-state index < -0.39 is 0 Å². The lowest BCUT2D eigenvalue weighted by atomic mass is 9.86. The van der Waals surface area contributed by atoms with Crippen LogP contribution in [0.25, 0.3) is 0 Å². The molecule has 126 valence electrons. The maximum Gasteiger partial charge on any atom is 0.220 e. The first-order chi connectivity index (χ1) is 11.8. The standard InChI is InChI=1S/C21H26N2O/c24-20(12-11-17-7-3-1-4-8-17)23-21(18-9-5-2-6-10-18)19-13-15-22-16-14-19/h2,5-6,9-10,13-17,21H,1,3-4,7-8,11-12H2,(H,23,24). The Morgan fingerprint density at radius 1 is 1.00 bits per heavy atom. The highest BCUT2D eigenvalue weighted by atomic mass is 16.1. The van der Waals surface area contributed by atoms with Gasteiger partial charge in [0.1, 0.15) is 0 Å². The van der Waals surface area contributed by atoms with Crippen molar-refractivity contribution < 1.29 is 4.79 Å². The Labute approximate surface area is 144 Å². The molecule has 0 spiro atoms. The molecule has 1 atom stereocenters. The van der Waals surface area contributed by atoms with E-state index in [2.05, 4.69) is 22.4 Å². The Morgan fingerprint density at radius 2 is 1.67 bits per heavy atom. The smallest absolute Gasteiger partial charge is 0.220 e. The molecule has 0 saturated heterocycles. The molecular weight excluding hydrogens is 296 g/mol. The van der Waals surface area contributed by atoms with E-state index in [0.29, 0.717) is 6.42 Å². The van der Waals surface area contributed by atoms with Gasteiger partial charge in [-0.2, -0.15) is 0 Å². The van der Waals surface area contributed by atoms with Gasteiger partial charge in [-0.1, -0.05) is 62.4 Å². The van der Waals surface area contributed by atoms with Crippen molar-refractivity contribution in [2.24, 2.45) is 5.92 Å². The van der Waals surface area contributed by atoms with Crippen molar-refractivity contribution in [1.82, 2.24) is 10.3 Å². The van der Waals surface area contributed by atoms with Crippen LogP contribution in [0.3, 0.4) is 0 Å². The molecule has 1 amide bonds. The molecule has 1 N–H and O–H groups in total. The molecule has 1 fully saturated rings. The van der Waals surface area contributed by atoms with E-state index in [1.54, 1.807) is 12.4 Å². The Kier molecular flexibility index (Phi) is 6.00. The highest BCUT2D eigenvalue weighted by Gasteiger charge is 2.19. The molecule has 1 aromatic heterocycles. The predicted octanol–water partition coefficient (Wildman–Crippen LogP) is 4.65. The van der Waals surface area contributed by atoms with Gasteiger partial charge in [0.15, 0.2) is 0 Å². The van der Waals surface area contributed by atoms with Crippen molar-refractivity contribution in [3.63, 3.8) is 0 Å². The maximum atomic E-state index is 12.5. The minimum Gasteiger partial charge on any atom is -0.345 e. The second-order valence-corrected chi connectivity index (χ2v) is 6.73. The van der Waals surface area contributed by atoms with Gasteiger partial charge in [0, 0.05) is 18.8 Å². The minimum absolute atomic E-state index is 0.104. The van der Waals surface area contributed by atoms with E-state index in [9.17, 15) is 4.79 Å². The van der Waals surface area contributed by atoms with Crippen molar-refractivity contribution in [1.29, 1.82) is 0 Å². The third-order valence-electron chi connectivity index (χ3n) is 4.98. The number of nitrogens with one attached hydrogen (secondary N) is 1. The molecule has 1 aromatic carbocycles. The zero-order valence-electron chi connectivity index (χ0n) is 14.2. The lowest BCUT2D eigenvalue weighted by Gasteiger charge is -2.23. The van der Waals surface area contributed by atoms with Crippen LogP contribution in [0.2, 0.25) is 0 Å². The summed E-state index contributed by atoms with van der Waals surface area (Å²) >= 11 is 0. The second-order valence-electron chi connectivity index (χ2n) is 6.73. The normalized spacial score (nSPS) is 16.5. The zero-order chi connectivity index (χ0) is 16.6. The van der Waals surface area contributed by atoms with Crippen LogP contribution < -0.4 is 5.32 Å². The fourth-order valence-corrected chi connectivity index (χ4v) is 3.60. The van der Waals surface area contributed by atoms with Crippen molar-refractivity contribution >= 4 is 5.91 Å². The topological polar surface area (TPSA) is 42.0 Å². The predicted molar refractivity (Wildman–Crippen MR) is 96.5 cm³/mol. The van der Waals surface area contributed by atoms with Gasteiger partial charge in [-0.25, -0.2) is 0 Å². The monoisotopic (exact) mass is 322 g/mol. The molecule has 1 heterocycles. The van der Waals surface area contributed by atoms with Gasteiger partial charge in [-0.3, -0.25) is 9.78 Å². The number of hydrogen-bond acceptors (Lipinski definition) is 2. The summed E-state index contributed by atoms with van der Waals surface area (Å²) in [4.78, 5) is 16.6. The summed E-state index contributed by atoms with van der Waals surface area (Å²) in [6.07, 6.45) is 11.8. The molecule has 1 aliphatic carbocycles. The van der Waals surface area contributed by atoms with Crippen LogP contribution >= 0.6 is 0 Å². The Morgan fingerprint density at radius 3 is 2.38 bits per heavy atom. The highest BCUT2D eigenvalue weighted by molar-refractivity contribution is 5.77. The van der Waals surface area contributed by atoms with Crippen LogP contribution in [0.15, 0.2) is 54.9 Å². The Bertz CT molecular complexity index is 581. The first-order valence-corrected chi connectivity index (χ1v) is 9.07. The largest absolute Gasteiger partial charge is 0.345 e. The van der Waals surface area contributed by atoms with E-state index in [-0.39, 0.29) is 11.9 Å². The van der Waals surface area contributed by atoms with Gasteiger partial charge in [0.05, 0.1) is 6.04 Å². The molecule has 3 rings (SSSR count). The van der Waals surface area contributed by atoms with Gasteiger partial charge < -0.3 is 5.32 Å². The number of benzene rings is 1. The summed E-state index contributed by atoms with van der Waals surface area (Å²) in [6, 6.07) is 14.0. The molecular formula is C21H26N2O. The van der Waals surface area contributed by atoms with Crippen LogP contribution in [-0.2, 0) is 4.79 Å². The number of aromatic nitrogens is 1. The first-order valence-electron chi connectivity index (χ1n) is 9.07. The SMILES string of the molecule is O=C(CCC1CCCCC1)NC(c1ccccc1)c1ccncc1. The molecule has 1 unspecified atom stereocenters. The number of nitrogens with zero attached hydrogens (tertiary/aromatic N) is 1. The van der Waals surface area contributed by atoms with Gasteiger partial charge in [0.25, 0.3) is 0 Å². The van der Waals surface area contributed by atoms with Crippen molar-refractivity contribution in [3.8, 4) is 0 Å². The number of pyridine rings is 1. The third kappa shape index (κ3) is 4.67.